The van der Waals surface area contributed by atoms with Crippen LogP contribution in [-0.2, 0) is 6.42 Å². The number of imidazole rings is 1. The first-order valence-electron chi connectivity index (χ1n) is 6.37. The van der Waals surface area contributed by atoms with E-state index in [1.54, 1.807) is 18.7 Å². The summed E-state index contributed by atoms with van der Waals surface area (Å²) in [7, 11) is 0. The van der Waals surface area contributed by atoms with Crippen LogP contribution in [0.3, 0.4) is 0 Å². The smallest absolute Gasteiger partial charge is 0.235 e. The molecule has 0 radical (unpaired) electrons. The second-order valence-electron chi connectivity index (χ2n) is 4.47. The van der Waals surface area contributed by atoms with E-state index in [0.29, 0.717) is 23.2 Å². The van der Waals surface area contributed by atoms with Gasteiger partial charge in [-0.2, -0.15) is 4.98 Å². The number of fused-ring (bicyclic) bond motifs is 1. The Morgan fingerprint density at radius 3 is 2.65 bits per heavy atom. The van der Waals surface area contributed by atoms with Crippen molar-refractivity contribution in [1.29, 1.82) is 0 Å². The Morgan fingerprint density at radius 1 is 1.25 bits per heavy atom. The number of hydrogen-bond donors (Lipinski definition) is 0. The summed E-state index contributed by atoms with van der Waals surface area (Å²) in [4.78, 5) is 13.3. The molecule has 0 fully saturated rings. The van der Waals surface area contributed by atoms with E-state index < -0.39 is 0 Å². The van der Waals surface area contributed by atoms with E-state index in [9.17, 15) is 0 Å². The Bertz CT molecular complexity index is 777. The van der Waals surface area contributed by atoms with Crippen molar-refractivity contribution >= 4 is 17.5 Å². The standard InChI is InChI=1S/C13H15N5OS/c1-5-9-7(2)18-6-10(11-14-8(3)19-17-11)15-13(18)16-12(9)20-4/h6H,5H2,1-4H3. The van der Waals surface area contributed by atoms with Crippen molar-refractivity contribution < 1.29 is 4.52 Å². The minimum atomic E-state index is 0.496. The molecule has 0 aliphatic heterocycles. The maximum Gasteiger partial charge on any atom is 0.235 e. The molecule has 0 N–H and O–H groups in total. The topological polar surface area (TPSA) is 69.1 Å². The Kier molecular flexibility index (Phi) is 3.21. The average Bonchev–Trinajstić information content (AvgIpc) is 3.04. The van der Waals surface area contributed by atoms with E-state index in [2.05, 4.69) is 34.0 Å². The van der Waals surface area contributed by atoms with Crippen LogP contribution in [0.5, 0.6) is 0 Å². The number of aromatic nitrogens is 5. The van der Waals surface area contributed by atoms with Crippen molar-refractivity contribution in [1.82, 2.24) is 24.5 Å². The molecule has 0 saturated heterocycles. The van der Waals surface area contributed by atoms with Crippen LogP contribution in [0.1, 0.15) is 24.1 Å². The van der Waals surface area contributed by atoms with E-state index >= 15 is 0 Å². The van der Waals surface area contributed by atoms with Gasteiger partial charge in [0.2, 0.25) is 17.5 Å². The summed E-state index contributed by atoms with van der Waals surface area (Å²) in [5.41, 5.74) is 3.08. The van der Waals surface area contributed by atoms with Crippen LogP contribution in [0.2, 0.25) is 0 Å². The van der Waals surface area contributed by atoms with Crippen LogP contribution in [0.25, 0.3) is 17.3 Å². The van der Waals surface area contributed by atoms with Gasteiger partial charge in [-0.3, -0.25) is 4.40 Å². The average molecular weight is 289 g/mol. The minimum Gasteiger partial charge on any atom is -0.339 e. The minimum absolute atomic E-state index is 0.496. The van der Waals surface area contributed by atoms with Crippen molar-refractivity contribution in [2.24, 2.45) is 0 Å². The van der Waals surface area contributed by atoms with Gasteiger partial charge >= 0.3 is 0 Å². The first-order valence-corrected chi connectivity index (χ1v) is 7.59. The van der Waals surface area contributed by atoms with Gasteiger partial charge in [-0.25, -0.2) is 9.97 Å². The van der Waals surface area contributed by atoms with Crippen molar-refractivity contribution in [2.45, 2.75) is 32.2 Å². The zero-order valence-corrected chi connectivity index (χ0v) is 12.7. The predicted molar refractivity (Wildman–Crippen MR) is 76.9 cm³/mol. The second-order valence-corrected chi connectivity index (χ2v) is 5.27. The highest BCUT2D eigenvalue weighted by Gasteiger charge is 2.15. The van der Waals surface area contributed by atoms with E-state index in [4.69, 9.17) is 4.52 Å². The van der Waals surface area contributed by atoms with Crippen LogP contribution >= 0.6 is 11.8 Å². The molecule has 3 aromatic rings. The Balaban J connectivity index is 2.23. The molecular weight excluding hydrogens is 274 g/mol. The molecule has 0 bridgehead atoms. The van der Waals surface area contributed by atoms with E-state index in [0.717, 1.165) is 17.1 Å². The predicted octanol–water partition coefficient (Wildman–Crippen LogP) is 2.68. The quantitative estimate of drug-likeness (QED) is 0.545. The van der Waals surface area contributed by atoms with Gasteiger partial charge in [0.25, 0.3) is 0 Å². The second kappa shape index (κ2) is 4.90. The lowest BCUT2D eigenvalue weighted by molar-refractivity contribution is 0.394. The number of aryl methyl sites for hydroxylation is 2. The molecule has 0 spiro atoms. The van der Waals surface area contributed by atoms with Crippen LogP contribution < -0.4 is 0 Å². The fourth-order valence-corrected chi connectivity index (χ4v) is 2.95. The molecule has 3 rings (SSSR count). The Morgan fingerprint density at radius 2 is 2.05 bits per heavy atom. The van der Waals surface area contributed by atoms with Crippen LogP contribution in [0, 0.1) is 13.8 Å². The normalized spacial score (nSPS) is 11.4. The highest BCUT2D eigenvalue weighted by atomic mass is 32.2. The lowest BCUT2D eigenvalue weighted by Crippen LogP contribution is -2.02. The van der Waals surface area contributed by atoms with E-state index in [-0.39, 0.29) is 0 Å². The summed E-state index contributed by atoms with van der Waals surface area (Å²) in [5, 5.41) is 4.93. The summed E-state index contributed by atoms with van der Waals surface area (Å²) >= 11 is 1.64. The van der Waals surface area contributed by atoms with Gasteiger partial charge < -0.3 is 4.52 Å². The van der Waals surface area contributed by atoms with Crippen LogP contribution in [-0.4, -0.2) is 30.8 Å². The number of rotatable bonds is 3. The zero-order valence-electron chi connectivity index (χ0n) is 11.8. The number of hydrogen-bond acceptors (Lipinski definition) is 6. The molecule has 7 heteroatoms. The summed E-state index contributed by atoms with van der Waals surface area (Å²) in [5.74, 6) is 1.69. The third kappa shape index (κ3) is 1.98. The van der Waals surface area contributed by atoms with Gasteiger partial charge in [0.15, 0.2) is 0 Å². The van der Waals surface area contributed by atoms with Crippen molar-refractivity contribution in [3.05, 3.63) is 23.3 Å². The highest BCUT2D eigenvalue weighted by molar-refractivity contribution is 7.98. The Hall–Kier alpha value is -1.89. The molecule has 0 atom stereocenters. The third-order valence-electron chi connectivity index (χ3n) is 3.25. The fourth-order valence-electron chi connectivity index (χ4n) is 2.24. The van der Waals surface area contributed by atoms with E-state index in [1.807, 2.05) is 16.9 Å². The molecule has 0 unspecified atom stereocenters. The molecular formula is C13H15N5OS. The molecule has 0 saturated carbocycles. The van der Waals surface area contributed by atoms with Crippen molar-refractivity contribution in [3.63, 3.8) is 0 Å². The number of nitrogens with zero attached hydrogens (tertiary/aromatic N) is 5. The van der Waals surface area contributed by atoms with Gasteiger partial charge in [0.1, 0.15) is 10.7 Å². The molecule has 0 aliphatic rings. The molecule has 0 aliphatic carbocycles. The van der Waals surface area contributed by atoms with Gasteiger partial charge in [0, 0.05) is 24.4 Å². The van der Waals surface area contributed by atoms with Gasteiger partial charge in [-0.1, -0.05) is 12.1 Å². The summed E-state index contributed by atoms with van der Waals surface area (Å²) in [6.07, 6.45) is 4.88. The molecule has 0 aromatic carbocycles. The van der Waals surface area contributed by atoms with Crippen molar-refractivity contribution in [2.75, 3.05) is 6.26 Å². The monoisotopic (exact) mass is 289 g/mol. The maximum atomic E-state index is 5.00. The first-order chi connectivity index (χ1) is 9.63. The van der Waals surface area contributed by atoms with Crippen LogP contribution in [0.15, 0.2) is 15.7 Å². The van der Waals surface area contributed by atoms with Gasteiger partial charge in [-0.15, -0.1) is 11.8 Å². The lowest BCUT2D eigenvalue weighted by atomic mass is 10.2. The molecule has 0 amide bonds. The van der Waals surface area contributed by atoms with Crippen LogP contribution in [0.4, 0.5) is 0 Å². The fraction of sp³-hybridized carbons (Fsp3) is 0.385. The largest absolute Gasteiger partial charge is 0.339 e. The summed E-state index contributed by atoms with van der Waals surface area (Å²) in [6, 6.07) is 0. The summed E-state index contributed by atoms with van der Waals surface area (Å²) < 4.78 is 6.99. The highest BCUT2D eigenvalue weighted by Crippen LogP contribution is 2.25. The summed E-state index contributed by atoms with van der Waals surface area (Å²) in [6.45, 7) is 5.98. The Labute approximate surface area is 120 Å². The molecule has 6 nitrogen and oxygen atoms in total. The number of thioether (sulfide) groups is 1. The SMILES string of the molecule is CCc1c(SC)nc2nc(-c3noc(C)n3)cn2c1C. The molecule has 20 heavy (non-hydrogen) atoms. The maximum absolute atomic E-state index is 5.00. The zero-order chi connectivity index (χ0) is 14.3. The molecule has 104 valence electrons. The van der Waals surface area contributed by atoms with E-state index in [1.165, 1.54) is 5.56 Å². The molecule has 3 aromatic heterocycles. The lowest BCUT2D eigenvalue weighted by Gasteiger charge is -2.09. The van der Waals surface area contributed by atoms with Gasteiger partial charge in [0.05, 0.1) is 0 Å². The van der Waals surface area contributed by atoms with Gasteiger partial charge in [-0.05, 0) is 19.6 Å². The third-order valence-corrected chi connectivity index (χ3v) is 3.97. The molecule has 3 heterocycles. The van der Waals surface area contributed by atoms with Crippen molar-refractivity contribution in [3.8, 4) is 11.5 Å². The first kappa shape index (κ1) is 13.1.